The number of nitrogens with zero attached hydrogens (tertiary/aromatic N) is 3. The van der Waals surface area contributed by atoms with E-state index in [2.05, 4.69) is 10.2 Å². The molecule has 1 saturated heterocycles. The number of amides is 1. The molecule has 2 unspecified atom stereocenters. The highest BCUT2D eigenvalue weighted by molar-refractivity contribution is 5.95. The van der Waals surface area contributed by atoms with Crippen LogP contribution in [0, 0.1) is 13.8 Å². The number of aromatic nitrogens is 2. The third-order valence-electron chi connectivity index (χ3n) is 2.88. The molecule has 0 aliphatic carbocycles. The van der Waals surface area contributed by atoms with Crippen molar-refractivity contribution in [3.05, 3.63) is 23.0 Å². The zero-order chi connectivity index (χ0) is 12.6. The van der Waals surface area contributed by atoms with Crippen LogP contribution in [0.3, 0.4) is 0 Å². The molecule has 1 fully saturated rings. The van der Waals surface area contributed by atoms with Crippen LogP contribution < -0.4 is 0 Å². The first-order chi connectivity index (χ1) is 7.99. The van der Waals surface area contributed by atoms with Crippen molar-refractivity contribution in [3.63, 3.8) is 0 Å². The SMILES string of the molecule is Cc1cc(C(=O)N2CC(O)C(O)C2)c(C)nn1. The first-order valence-corrected chi connectivity index (χ1v) is 5.45. The molecule has 0 radical (unpaired) electrons. The molecule has 1 aliphatic heterocycles. The number of hydrogen-bond acceptors (Lipinski definition) is 5. The molecule has 1 aromatic rings. The number of likely N-dealkylation sites (tertiary alicyclic amines) is 1. The zero-order valence-electron chi connectivity index (χ0n) is 9.79. The van der Waals surface area contributed by atoms with Crippen LogP contribution in [-0.4, -0.2) is 56.5 Å². The number of β-amino-alcohol motifs (C(OH)–C–C–N with tert-alkyl or cyclic N) is 2. The summed E-state index contributed by atoms with van der Waals surface area (Å²) in [5, 5.41) is 26.6. The van der Waals surface area contributed by atoms with Gasteiger partial charge in [0.25, 0.3) is 5.91 Å². The van der Waals surface area contributed by atoms with Gasteiger partial charge in [-0.15, -0.1) is 0 Å². The van der Waals surface area contributed by atoms with E-state index in [9.17, 15) is 15.0 Å². The monoisotopic (exact) mass is 237 g/mol. The average molecular weight is 237 g/mol. The van der Waals surface area contributed by atoms with Gasteiger partial charge in [-0.25, -0.2) is 0 Å². The van der Waals surface area contributed by atoms with Gasteiger partial charge in [-0.05, 0) is 19.9 Å². The smallest absolute Gasteiger partial charge is 0.256 e. The van der Waals surface area contributed by atoms with Gasteiger partial charge in [0.05, 0.1) is 29.2 Å². The molecule has 0 aromatic carbocycles. The number of hydrogen-bond donors (Lipinski definition) is 2. The first-order valence-electron chi connectivity index (χ1n) is 5.45. The van der Waals surface area contributed by atoms with Crippen molar-refractivity contribution >= 4 is 5.91 Å². The minimum Gasteiger partial charge on any atom is -0.388 e. The lowest BCUT2D eigenvalue weighted by Crippen LogP contribution is -2.30. The van der Waals surface area contributed by atoms with E-state index in [0.29, 0.717) is 17.0 Å². The standard InChI is InChI=1S/C11H15N3O3/c1-6-3-8(7(2)13-12-6)11(17)14-4-9(15)10(16)5-14/h3,9-10,15-16H,4-5H2,1-2H3. The number of aliphatic hydroxyl groups excluding tert-OH is 2. The van der Waals surface area contributed by atoms with Crippen LogP contribution in [0.1, 0.15) is 21.7 Å². The zero-order valence-corrected chi connectivity index (χ0v) is 9.79. The van der Waals surface area contributed by atoms with Gasteiger partial charge < -0.3 is 15.1 Å². The lowest BCUT2D eigenvalue weighted by atomic mass is 10.2. The second kappa shape index (κ2) is 4.38. The summed E-state index contributed by atoms with van der Waals surface area (Å²) in [5.74, 6) is -0.226. The number of carbonyl (C=O) groups is 1. The minimum absolute atomic E-state index is 0.154. The minimum atomic E-state index is -0.866. The number of carbonyl (C=O) groups excluding carboxylic acids is 1. The Morgan fingerprint density at radius 3 is 2.47 bits per heavy atom. The van der Waals surface area contributed by atoms with E-state index in [1.165, 1.54) is 4.90 Å². The van der Waals surface area contributed by atoms with E-state index >= 15 is 0 Å². The van der Waals surface area contributed by atoms with Gasteiger partial charge in [-0.3, -0.25) is 4.79 Å². The predicted octanol–water partition coefficient (Wildman–Crippen LogP) is -0.729. The number of aliphatic hydroxyl groups is 2. The molecule has 2 atom stereocenters. The Kier molecular flexibility index (Phi) is 3.08. The largest absolute Gasteiger partial charge is 0.388 e. The maximum atomic E-state index is 12.1. The molecule has 2 heterocycles. The topological polar surface area (TPSA) is 86.6 Å². The van der Waals surface area contributed by atoms with Crippen LogP contribution in [0.25, 0.3) is 0 Å². The van der Waals surface area contributed by atoms with Gasteiger partial charge in [0.2, 0.25) is 0 Å². The summed E-state index contributed by atoms with van der Waals surface area (Å²) in [7, 11) is 0. The molecule has 92 valence electrons. The van der Waals surface area contributed by atoms with Gasteiger partial charge in [-0.1, -0.05) is 0 Å². The molecule has 0 spiro atoms. The lowest BCUT2D eigenvalue weighted by molar-refractivity contribution is 0.0572. The van der Waals surface area contributed by atoms with Crippen LogP contribution in [0.15, 0.2) is 6.07 Å². The Morgan fingerprint density at radius 2 is 1.88 bits per heavy atom. The van der Waals surface area contributed by atoms with Crippen LogP contribution in [0.4, 0.5) is 0 Å². The normalized spacial score (nSPS) is 24.1. The van der Waals surface area contributed by atoms with Crippen LogP contribution in [0.2, 0.25) is 0 Å². The van der Waals surface area contributed by atoms with E-state index in [4.69, 9.17) is 0 Å². The summed E-state index contributed by atoms with van der Waals surface area (Å²) < 4.78 is 0. The van der Waals surface area contributed by atoms with Gasteiger partial charge in [-0.2, -0.15) is 10.2 Å². The summed E-state index contributed by atoms with van der Waals surface area (Å²) in [6, 6.07) is 1.67. The summed E-state index contributed by atoms with van der Waals surface area (Å²) in [6.45, 7) is 3.78. The Morgan fingerprint density at radius 1 is 1.29 bits per heavy atom. The quantitative estimate of drug-likeness (QED) is 0.672. The van der Waals surface area contributed by atoms with Crippen LogP contribution in [0.5, 0.6) is 0 Å². The molecule has 1 aromatic heterocycles. The molecule has 1 aliphatic rings. The Balaban J connectivity index is 2.23. The summed E-state index contributed by atoms with van der Waals surface area (Å²) >= 11 is 0. The van der Waals surface area contributed by atoms with Crippen molar-refractivity contribution in [3.8, 4) is 0 Å². The molecule has 2 rings (SSSR count). The predicted molar refractivity (Wildman–Crippen MR) is 59.4 cm³/mol. The molecule has 0 bridgehead atoms. The maximum Gasteiger partial charge on any atom is 0.256 e. The van der Waals surface area contributed by atoms with E-state index in [0.717, 1.165) is 0 Å². The molecular weight excluding hydrogens is 222 g/mol. The lowest BCUT2D eigenvalue weighted by Gasteiger charge is -2.16. The highest BCUT2D eigenvalue weighted by Crippen LogP contribution is 2.15. The van der Waals surface area contributed by atoms with Crippen LogP contribution >= 0.6 is 0 Å². The average Bonchev–Trinajstić information content (AvgIpc) is 2.62. The third kappa shape index (κ3) is 2.27. The van der Waals surface area contributed by atoms with Gasteiger partial charge in [0.1, 0.15) is 0 Å². The molecular formula is C11H15N3O3. The van der Waals surface area contributed by atoms with Crippen LogP contribution in [-0.2, 0) is 0 Å². The van der Waals surface area contributed by atoms with Gasteiger partial charge >= 0.3 is 0 Å². The molecule has 1 amide bonds. The fraction of sp³-hybridized carbons (Fsp3) is 0.545. The third-order valence-corrected chi connectivity index (χ3v) is 2.88. The molecule has 6 heteroatoms. The molecule has 2 N–H and O–H groups in total. The fourth-order valence-corrected chi connectivity index (χ4v) is 1.87. The highest BCUT2D eigenvalue weighted by Gasteiger charge is 2.33. The van der Waals surface area contributed by atoms with Crippen molar-refractivity contribution in [2.45, 2.75) is 26.1 Å². The second-order valence-electron chi connectivity index (χ2n) is 4.33. The Hall–Kier alpha value is -1.53. The van der Waals surface area contributed by atoms with E-state index in [1.54, 1.807) is 19.9 Å². The fourth-order valence-electron chi connectivity index (χ4n) is 1.87. The summed E-state index contributed by atoms with van der Waals surface area (Å²) in [5.41, 5.74) is 1.69. The number of aryl methyl sites for hydroxylation is 2. The molecule has 0 saturated carbocycles. The van der Waals surface area contributed by atoms with E-state index < -0.39 is 12.2 Å². The second-order valence-corrected chi connectivity index (χ2v) is 4.33. The van der Waals surface area contributed by atoms with E-state index in [-0.39, 0.29) is 19.0 Å². The van der Waals surface area contributed by atoms with Crippen molar-refractivity contribution in [2.24, 2.45) is 0 Å². The highest BCUT2D eigenvalue weighted by atomic mass is 16.3. The molecule has 17 heavy (non-hydrogen) atoms. The summed E-state index contributed by atoms with van der Waals surface area (Å²) in [6.07, 6.45) is -1.73. The van der Waals surface area contributed by atoms with Crippen molar-refractivity contribution in [2.75, 3.05) is 13.1 Å². The van der Waals surface area contributed by atoms with Crippen molar-refractivity contribution in [1.29, 1.82) is 0 Å². The Bertz CT molecular complexity index is 440. The number of rotatable bonds is 1. The van der Waals surface area contributed by atoms with Gasteiger partial charge in [0, 0.05) is 13.1 Å². The van der Waals surface area contributed by atoms with Crippen molar-refractivity contribution in [1.82, 2.24) is 15.1 Å². The van der Waals surface area contributed by atoms with Gasteiger partial charge in [0.15, 0.2) is 0 Å². The first kappa shape index (κ1) is 11.9. The Labute approximate surface area is 98.9 Å². The molecule has 6 nitrogen and oxygen atoms in total. The summed E-state index contributed by atoms with van der Waals surface area (Å²) in [4.78, 5) is 13.6. The van der Waals surface area contributed by atoms with E-state index in [1.807, 2.05) is 0 Å². The maximum absolute atomic E-state index is 12.1. The van der Waals surface area contributed by atoms with Crippen molar-refractivity contribution < 1.29 is 15.0 Å².